The van der Waals surface area contributed by atoms with E-state index in [4.69, 9.17) is 18.9 Å². The summed E-state index contributed by atoms with van der Waals surface area (Å²) in [6.07, 6.45) is 41.1. The minimum Gasteiger partial charge on any atom is -0.545 e. The number of carboxylic acids is 1. The first-order valence-corrected chi connectivity index (χ1v) is 20.6. The highest BCUT2D eigenvalue weighted by Gasteiger charge is 2.21. The summed E-state index contributed by atoms with van der Waals surface area (Å²) >= 11 is 0. The third-order valence-corrected chi connectivity index (χ3v) is 8.22. The van der Waals surface area contributed by atoms with E-state index in [2.05, 4.69) is 86.8 Å². The maximum absolute atomic E-state index is 12.7. The van der Waals surface area contributed by atoms with E-state index in [1.54, 1.807) is 0 Å². The highest BCUT2D eigenvalue weighted by Crippen LogP contribution is 2.11. The number of aliphatic carboxylic acids is 1. The van der Waals surface area contributed by atoms with Gasteiger partial charge in [-0.25, -0.2) is 0 Å². The molecule has 0 amide bonds. The maximum atomic E-state index is 12.7. The number of esters is 2. The Morgan fingerprint density at radius 2 is 1.06 bits per heavy atom. The summed E-state index contributed by atoms with van der Waals surface area (Å²) < 4.78 is 22.3. The number of carbonyl (C=O) groups excluding carboxylic acids is 3. The molecule has 0 saturated carbocycles. The average molecular weight is 758 g/mol. The van der Waals surface area contributed by atoms with Crippen molar-refractivity contribution >= 4 is 17.9 Å². The smallest absolute Gasteiger partial charge is 0.306 e. The minimum atomic E-state index is -1.63. The normalized spacial score (nSPS) is 13.7. The first-order chi connectivity index (χ1) is 26.1. The zero-order chi connectivity index (χ0) is 40.0. The van der Waals surface area contributed by atoms with E-state index >= 15 is 0 Å². The summed E-state index contributed by atoms with van der Waals surface area (Å²) in [6.45, 7) is 4.49. The van der Waals surface area contributed by atoms with Crippen LogP contribution in [0.5, 0.6) is 0 Å². The van der Waals surface area contributed by atoms with Crippen molar-refractivity contribution in [2.24, 2.45) is 0 Å². The molecule has 9 nitrogen and oxygen atoms in total. The molecule has 0 spiro atoms. The molecule has 0 aromatic heterocycles. The molecule has 0 aliphatic carbocycles. The first kappa shape index (κ1) is 50.7. The summed E-state index contributed by atoms with van der Waals surface area (Å²) in [5.74, 6) is -2.34. The molecule has 0 aromatic rings. The van der Waals surface area contributed by atoms with Gasteiger partial charge in [0.25, 0.3) is 0 Å². The molecule has 0 aliphatic heterocycles. The quantitative estimate of drug-likeness (QED) is 0.0205. The van der Waals surface area contributed by atoms with Gasteiger partial charge in [0.15, 0.2) is 12.4 Å². The van der Waals surface area contributed by atoms with Crippen molar-refractivity contribution in [1.82, 2.24) is 0 Å². The molecule has 0 bridgehead atoms. The Labute approximate surface area is 328 Å². The fourth-order valence-electron chi connectivity index (χ4n) is 5.01. The van der Waals surface area contributed by atoms with Gasteiger partial charge in [0, 0.05) is 12.8 Å². The minimum absolute atomic E-state index is 0.139. The Morgan fingerprint density at radius 3 is 1.57 bits per heavy atom. The number of quaternary nitrogens is 1. The molecule has 0 aromatic carbocycles. The number of carbonyl (C=O) groups is 3. The van der Waals surface area contributed by atoms with Gasteiger partial charge in [-0.15, -0.1) is 0 Å². The molecular formula is C45H75NO8. The Balaban J connectivity index is 4.40. The van der Waals surface area contributed by atoms with Gasteiger partial charge in [-0.2, -0.15) is 0 Å². The van der Waals surface area contributed by atoms with Crippen LogP contribution in [0, 0.1) is 0 Å². The van der Waals surface area contributed by atoms with Crippen LogP contribution in [0.4, 0.5) is 0 Å². The number of nitrogens with zero attached hydrogens (tertiary/aromatic N) is 1. The zero-order valence-electron chi connectivity index (χ0n) is 34.6. The van der Waals surface area contributed by atoms with Crippen LogP contribution < -0.4 is 5.11 Å². The largest absolute Gasteiger partial charge is 0.545 e. The molecule has 0 aliphatic rings. The van der Waals surface area contributed by atoms with Gasteiger partial charge in [-0.05, 0) is 64.2 Å². The predicted octanol–water partition coefficient (Wildman–Crippen LogP) is 9.05. The Kier molecular flexibility index (Phi) is 34.5. The number of allylic oxidation sites excluding steroid dienone is 12. The van der Waals surface area contributed by atoms with Crippen molar-refractivity contribution in [2.45, 2.75) is 148 Å². The number of rotatable bonds is 36. The van der Waals surface area contributed by atoms with E-state index in [0.717, 1.165) is 96.3 Å². The Morgan fingerprint density at radius 1 is 0.574 bits per heavy atom. The van der Waals surface area contributed by atoms with E-state index in [0.29, 0.717) is 17.4 Å². The van der Waals surface area contributed by atoms with E-state index in [1.807, 2.05) is 21.1 Å². The molecule has 0 radical (unpaired) electrons. The van der Waals surface area contributed by atoms with Crippen LogP contribution in [0.25, 0.3) is 0 Å². The molecule has 2 atom stereocenters. The molecule has 2 unspecified atom stereocenters. The third kappa shape index (κ3) is 37.1. The predicted molar refractivity (Wildman–Crippen MR) is 218 cm³/mol. The van der Waals surface area contributed by atoms with E-state index in [9.17, 15) is 19.5 Å². The van der Waals surface area contributed by atoms with Crippen molar-refractivity contribution in [3.63, 3.8) is 0 Å². The van der Waals surface area contributed by atoms with Crippen LogP contribution in [0.2, 0.25) is 0 Å². The lowest BCUT2D eigenvalue weighted by Crippen LogP contribution is -2.44. The van der Waals surface area contributed by atoms with Crippen molar-refractivity contribution < 1.29 is 42.9 Å². The van der Waals surface area contributed by atoms with Gasteiger partial charge < -0.3 is 33.3 Å². The monoisotopic (exact) mass is 758 g/mol. The first-order valence-electron chi connectivity index (χ1n) is 20.6. The van der Waals surface area contributed by atoms with Crippen molar-refractivity contribution in [3.05, 3.63) is 72.9 Å². The lowest BCUT2D eigenvalue weighted by molar-refractivity contribution is -0.870. The molecule has 0 heterocycles. The van der Waals surface area contributed by atoms with Crippen LogP contribution in [-0.2, 0) is 33.3 Å². The van der Waals surface area contributed by atoms with E-state index in [-0.39, 0.29) is 38.6 Å². The Hall–Kier alpha value is -3.27. The number of carboxylic acid groups (broad SMARTS) is 1. The summed E-state index contributed by atoms with van der Waals surface area (Å²) in [5.41, 5.74) is 0. The molecular weight excluding hydrogens is 682 g/mol. The number of hydrogen-bond acceptors (Lipinski definition) is 8. The molecule has 0 rings (SSSR count). The summed E-state index contributed by atoms with van der Waals surface area (Å²) in [6, 6.07) is 0. The average Bonchev–Trinajstić information content (AvgIpc) is 3.12. The van der Waals surface area contributed by atoms with Crippen LogP contribution in [0.3, 0.4) is 0 Å². The van der Waals surface area contributed by atoms with Crippen LogP contribution in [0.15, 0.2) is 72.9 Å². The van der Waals surface area contributed by atoms with Crippen molar-refractivity contribution in [2.75, 3.05) is 47.5 Å². The molecule has 308 valence electrons. The Bertz CT molecular complexity index is 1120. The fraction of sp³-hybridized carbons (Fsp3) is 0.667. The SMILES string of the molecule is CC/C=C\C/C=C\C/C=C\C/C=C\C/C=C\C/C=C\CCCCCCC(=O)OC(COC(=O)CCCCCCCC)COC(OCC[N+](C)(C)C)C(=O)[O-]. The molecule has 9 heteroatoms. The van der Waals surface area contributed by atoms with Gasteiger partial charge in [-0.3, -0.25) is 9.59 Å². The lowest BCUT2D eigenvalue weighted by atomic mass is 10.1. The van der Waals surface area contributed by atoms with Crippen molar-refractivity contribution in [3.8, 4) is 0 Å². The highest BCUT2D eigenvalue weighted by molar-refractivity contribution is 5.70. The topological polar surface area (TPSA) is 111 Å². The summed E-state index contributed by atoms with van der Waals surface area (Å²) in [5, 5.41) is 11.6. The number of unbranched alkanes of at least 4 members (excludes halogenated alkanes) is 9. The number of ether oxygens (including phenoxy) is 4. The standard InChI is InChI=1S/C45H75NO8/c1-6-8-10-12-14-15-16-17-18-19-20-21-22-23-24-25-26-27-28-29-30-32-34-36-43(48)54-41(39-52-42(47)35-33-31-13-11-9-7-2)40-53-45(44(49)50)51-38-37-46(3,4)5/h8,10,14-15,17-18,20-21,23-24,26-27,41,45H,6-7,9,11-13,16,19,22,25,28-40H2,1-5H3/b10-8-,15-14-,18-17-,21-20-,24-23-,27-26-. The second kappa shape index (κ2) is 36.7. The lowest BCUT2D eigenvalue weighted by Gasteiger charge is -2.26. The highest BCUT2D eigenvalue weighted by atomic mass is 16.7. The van der Waals surface area contributed by atoms with Crippen LogP contribution in [-0.4, -0.2) is 82.3 Å². The van der Waals surface area contributed by atoms with E-state index in [1.165, 1.54) is 6.42 Å². The molecule has 0 N–H and O–H groups in total. The van der Waals surface area contributed by atoms with Crippen molar-refractivity contribution in [1.29, 1.82) is 0 Å². The fourth-order valence-corrected chi connectivity index (χ4v) is 5.01. The van der Waals surface area contributed by atoms with Gasteiger partial charge in [0.1, 0.15) is 13.2 Å². The summed E-state index contributed by atoms with van der Waals surface area (Å²) in [4.78, 5) is 36.6. The third-order valence-electron chi connectivity index (χ3n) is 8.22. The number of likely N-dealkylation sites (N-methyl/N-ethyl adjacent to an activating group) is 1. The zero-order valence-corrected chi connectivity index (χ0v) is 34.6. The molecule has 54 heavy (non-hydrogen) atoms. The second-order valence-electron chi connectivity index (χ2n) is 14.5. The van der Waals surface area contributed by atoms with Gasteiger partial charge in [0.05, 0.1) is 40.3 Å². The maximum Gasteiger partial charge on any atom is 0.306 e. The molecule has 0 saturated heterocycles. The van der Waals surface area contributed by atoms with Gasteiger partial charge in [0.2, 0.25) is 0 Å². The van der Waals surface area contributed by atoms with Gasteiger partial charge >= 0.3 is 11.9 Å². The van der Waals surface area contributed by atoms with Crippen LogP contribution in [0.1, 0.15) is 136 Å². The van der Waals surface area contributed by atoms with Gasteiger partial charge in [-0.1, -0.05) is 132 Å². The second-order valence-corrected chi connectivity index (χ2v) is 14.5. The van der Waals surface area contributed by atoms with Crippen LogP contribution >= 0.6 is 0 Å². The molecule has 0 fully saturated rings. The number of hydrogen-bond donors (Lipinski definition) is 0. The van der Waals surface area contributed by atoms with E-state index < -0.39 is 24.3 Å². The summed E-state index contributed by atoms with van der Waals surface area (Å²) in [7, 11) is 5.87.